The highest BCUT2D eigenvalue weighted by molar-refractivity contribution is 7.99. The number of fused-ring (bicyclic) bond motifs is 2. The minimum Gasteiger partial charge on any atom is -0.508 e. The molecular formula is C23H21NO7S. The third-order valence-electron chi connectivity index (χ3n) is 5.77. The Labute approximate surface area is 187 Å². The van der Waals surface area contributed by atoms with Crippen molar-refractivity contribution in [3.63, 3.8) is 0 Å². The molecule has 32 heavy (non-hydrogen) atoms. The minimum absolute atomic E-state index is 0.0265. The van der Waals surface area contributed by atoms with Gasteiger partial charge >= 0.3 is 0 Å². The molecule has 0 saturated carbocycles. The average Bonchev–Trinajstić information content (AvgIpc) is 3.40. The SMILES string of the molecule is O=C(CC(c1cc2c(cc1O)OCO2)c1coc2ccccc2c1=O)NC1CSCC1O. The predicted octanol–water partition coefficient (Wildman–Crippen LogP) is 2.34. The monoisotopic (exact) mass is 455 g/mol. The number of hydrogen-bond donors (Lipinski definition) is 3. The second-order valence-electron chi connectivity index (χ2n) is 7.82. The lowest BCUT2D eigenvalue weighted by atomic mass is 9.87. The Balaban J connectivity index is 1.56. The molecule has 3 N–H and O–H groups in total. The average molecular weight is 455 g/mol. The molecule has 1 amide bonds. The number of aliphatic hydroxyl groups excluding tert-OH is 1. The van der Waals surface area contributed by atoms with Gasteiger partial charge in [-0.2, -0.15) is 11.8 Å². The minimum atomic E-state index is -0.795. The van der Waals surface area contributed by atoms with Crippen molar-refractivity contribution in [2.45, 2.75) is 24.5 Å². The Bertz CT molecular complexity index is 1240. The van der Waals surface area contributed by atoms with Crippen molar-refractivity contribution in [2.75, 3.05) is 18.3 Å². The number of carbonyl (C=O) groups excluding carboxylic acids is 1. The third kappa shape index (κ3) is 3.78. The summed E-state index contributed by atoms with van der Waals surface area (Å²) in [5.41, 5.74) is 0.756. The molecule has 1 aromatic heterocycles. The van der Waals surface area contributed by atoms with Crippen LogP contribution >= 0.6 is 11.8 Å². The van der Waals surface area contributed by atoms with Crippen LogP contribution in [-0.4, -0.2) is 46.6 Å². The fraction of sp³-hybridized carbons (Fsp3) is 0.304. The van der Waals surface area contributed by atoms with Crippen LogP contribution in [-0.2, 0) is 4.79 Å². The van der Waals surface area contributed by atoms with E-state index in [1.165, 1.54) is 12.3 Å². The normalized spacial score (nSPS) is 20.4. The lowest BCUT2D eigenvalue weighted by molar-refractivity contribution is -0.122. The summed E-state index contributed by atoms with van der Waals surface area (Å²) < 4.78 is 16.4. The molecule has 0 aliphatic carbocycles. The number of phenols is 1. The van der Waals surface area contributed by atoms with Gasteiger partial charge in [0.05, 0.1) is 23.8 Å². The van der Waals surface area contributed by atoms with Crippen molar-refractivity contribution >= 4 is 28.6 Å². The molecule has 3 unspecified atom stereocenters. The van der Waals surface area contributed by atoms with Crippen molar-refractivity contribution in [2.24, 2.45) is 0 Å². The number of carbonyl (C=O) groups is 1. The number of phenolic OH excluding ortho intramolecular Hbond substituents is 1. The lowest BCUT2D eigenvalue weighted by Crippen LogP contribution is -2.43. The second kappa shape index (κ2) is 8.40. The zero-order valence-corrected chi connectivity index (χ0v) is 17.8. The van der Waals surface area contributed by atoms with E-state index in [1.807, 2.05) is 0 Å². The molecule has 2 aliphatic heterocycles. The first-order valence-electron chi connectivity index (χ1n) is 10.2. The highest BCUT2D eigenvalue weighted by atomic mass is 32.2. The molecule has 3 atom stereocenters. The quantitative estimate of drug-likeness (QED) is 0.537. The number of nitrogens with one attached hydrogen (secondary N) is 1. The smallest absolute Gasteiger partial charge is 0.231 e. The van der Waals surface area contributed by atoms with Crippen LogP contribution in [0.15, 0.2) is 51.9 Å². The van der Waals surface area contributed by atoms with Gasteiger partial charge in [0.2, 0.25) is 12.7 Å². The van der Waals surface area contributed by atoms with Crippen LogP contribution in [0.3, 0.4) is 0 Å². The Morgan fingerprint density at radius 3 is 2.72 bits per heavy atom. The van der Waals surface area contributed by atoms with Crippen molar-refractivity contribution in [3.8, 4) is 17.2 Å². The van der Waals surface area contributed by atoms with Gasteiger partial charge in [-0.15, -0.1) is 0 Å². The maximum atomic E-state index is 13.3. The van der Waals surface area contributed by atoms with Crippen molar-refractivity contribution < 1.29 is 28.9 Å². The lowest BCUT2D eigenvalue weighted by Gasteiger charge is -2.21. The number of thioether (sulfide) groups is 1. The molecule has 9 heteroatoms. The summed E-state index contributed by atoms with van der Waals surface area (Å²) in [6.07, 6.45) is 0.601. The first kappa shape index (κ1) is 20.7. The Morgan fingerprint density at radius 1 is 1.16 bits per heavy atom. The molecule has 5 rings (SSSR count). The van der Waals surface area contributed by atoms with E-state index in [0.717, 1.165) is 0 Å². The molecule has 2 aliphatic rings. The van der Waals surface area contributed by atoms with Crippen molar-refractivity contribution in [1.82, 2.24) is 5.32 Å². The molecule has 0 radical (unpaired) electrons. The molecule has 1 fully saturated rings. The highest BCUT2D eigenvalue weighted by Crippen LogP contribution is 2.42. The van der Waals surface area contributed by atoms with E-state index in [1.54, 1.807) is 42.1 Å². The number of aliphatic hydroxyl groups is 1. The maximum Gasteiger partial charge on any atom is 0.231 e. The first-order chi connectivity index (χ1) is 15.5. The molecule has 2 aromatic carbocycles. The van der Waals surface area contributed by atoms with Crippen LogP contribution in [0.1, 0.15) is 23.5 Å². The summed E-state index contributed by atoms with van der Waals surface area (Å²) in [7, 11) is 0. The highest BCUT2D eigenvalue weighted by Gasteiger charge is 2.31. The Kier molecular flexibility index (Phi) is 5.44. The molecule has 166 valence electrons. The molecule has 0 spiro atoms. The molecule has 3 heterocycles. The zero-order chi connectivity index (χ0) is 22.2. The molecule has 1 saturated heterocycles. The molecule has 0 bridgehead atoms. The number of hydrogen-bond acceptors (Lipinski definition) is 8. The van der Waals surface area contributed by atoms with Crippen LogP contribution in [0.5, 0.6) is 17.2 Å². The fourth-order valence-corrected chi connectivity index (χ4v) is 5.25. The van der Waals surface area contributed by atoms with Crippen molar-refractivity contribution in [3.05, 3.63) is 64.0 Å². The van der Waals surface area contributed by atoms with Gasteiger partial charge in [-0.05, 0) is 18.2 Å². The summed E-state index contributed by atoms with van der Waals surface area (Å²) in [5.74, 6) is 0.747. The number of ether oxygens (including phenoxy) is 2. The van der Waals surface area contributed by atoms with Gasteiger partial charge in [0, 0.05) is 41.0 Å². The van der Waals surface area contributed by atoms with E-state index >= 15 is 0 Å². The maximum absolute atomic E-state index is 13.3. The van der Waals surface area contributed by atoms with Gasteiger partial charge in [0.15, 0.2) is 16.9 Å². The van der Waals surface area contributed by atoms with Crippen LogP contribution in [0.4, 0.5) is 0 Å². The van der Waals surface area contributed by atoms with Crippen LogP contribution < -0.4 is 20.2 Å². The van der Waals surface area contributed by atoms with Crippen LogP contribution in [0.25, 0.3) is 11.0 Å². The van der Waals surface area contributed by atoms with Gasteiger partial charge in [-0.1, -0.05) is 12.1 Å². The van der Waals surface area contributed by atoms with E-state index < -0.39 is 12.0 Å². The summed E-state index contributed by atoms with van der Waals surface area (Å²) >= 11 is 1.56. The zero-order valence-electron chi connectivity index (χ0n) is 16.9. The van der Waals surface area contributed by atoms with E-state index in [-0.39, 0.29) is 41.9 Å². The van der Waals surface area contributed by atoms with Crippen molar-refractivity contribution in [1.29, 1.82) is 0 Å². The number of benzene rings is 2. The van der Waals surface area contributed by atoms with Gasteiger partial charge in [-0.3, -0.25) is 9.59 Å². The molecule has 3 aromatic rings. The topological polar surface area (TPSA) is 118 Å². The molecular weight excluding hydrogens is 434 g/mol. The summed E-state index contributed by atoms with van der Waals surface area (Å²) in [6.45, 7) is 0.0265. The van der Waals surface area contributed by atoms with E-state index in [9.17, 15) is 19.8 Å². The predicted molar refractivity (Wildman–Crippen MR) is 118 cm³/mol. The standard InChI is InChI=1S/C23H21NO7S/c25-17-7-21-20(30-11-31-21)5-14(17)13(6-22(27)24-16-9-32-10-18(16)26)15-8-29-19-4-2-1-3-12(19)23(15)28/h1-5,7-8,13,16,18,25-26H,6,9-11H2,(H,24,27). The number of aromatic hydroxyl groups is 1. The van der Waals surface area contributed by atoms with E-state index in [2.05, 4.69) is 5.32 Å². The number of rotatable bonds is 5. The number of amides is 1. The Hall–Kier alpha value is -3.17. The first-order valence-corrected chi connectivity index (χ1v) is 11.3. The second-order valence-corrected chi connectivity index (χ2v) is 8.89. The van der Waals surface area contributed by atoms with Gasteiger partial charge in [0.1, 0.15) is 11.3 Å². The van der Waals surface area contributed by atoms with Crippen LogP contribution in [0, 0.1) is 0 Å². The number of para-hydroxylation sites is 1. The molecule has 8 nitrogen and oxygen atoms in total. The largest absolute Gasteiger partial charge is 0.508 e. The summed E-state index contributed by atoms with van der Waals surface area (Å²) in [5, 5.41) is 24.0. The van der Waals surface area contributed by atoms with Gasteiger partial charge in [0.25, 0.3) is 0 Å². The van der Waals surface area contributed by atoms with E-state index in [4.69, 9.17) is 13.9 Å². The Morgan fingerprint density at radius 2 is 1.94 bits per heavy atom. The van der Waals surface area contributed by atoms with Crippen LogP contribution in [0.2, 0.25) is 0 Å². The summed E-state index contributed by atoms with van der Waals surface area (Å²) in [4.78, 5) is 26.2. The van der Waals surface area contributed by atoms with E-state index in [0.29, 0.717) is 39.5 Å². The summed E-state index contributed by atoms with van der Waals surface area (Å²) in [6, 6.07) is 9.51. The third-order valence-corrected chi connectivity index (χ3v) is 6.94. The van der Waals surface area contributed by atoms with Gasteiger partial charge in [-0.25, -0.2) is 0 Å². The fourth-order valence-electron chi connectivity index (χ4n) is 4.08. The van der Waals surface area contributed by atoms with Gasteiger partial charge < -0.3 is 29.4 Å².